The smallest absolute Gasteiger partial charge is 0.316 e. The van der Waals surface area contributed by atoms with Gasteiger partial charge in [0.25, 0.3) is 0 Å². The lowest BCUT2D eigenvalue weighted by Crippen LogP contribution is -2.30. The summed E-state index contributed by atoms with van der Waals surface area (Å²) >= 11 is 3.29. The van der Waals surface area contributed by atoms with Crippen molar-refractivity contribution in [1.29, 1.82) is 0 Å². The molecule has 18 heavy (non-hydrogen) atoms. The van der Waals surface area contributed by atoms with Crippen LogP contribution in [0.25, 0.3) is 0 Å². The molecule has 0 spiro atoms. The van der Waals surface area contributed by atoms with Gasteiger partial charge in [0.1, 0.15) is 6.54 Å². The normalized spacial score (nSPS) is 10.9. The molecule has 1 amide bonds. The van der Waals surface area contributed by atoms with Crippen LogP contribution in [0, 0.1) is 0 Å². The van der Waals surface area contributed by atoms with E-state index in [0.29, 0.717) is 12.4 Å². The highest BCUT2D eigenvalue weighted by Crippen LogP contribution is 2.07. The summed E-state index contributed by atoms with van der Waals surface area (Å²) in [5, 5.41) is 10.5. The summed E-state index contributed by atoms with van der Waals surface area (Å²) in [6.07, 6.45) is 3.44. The molecule has 2 heterocycles. The summed E-state index contributed by atoms with van der Waals surface area (Å²) in [5.74, 6) is -0.00479. The summed E-state index contributed by atoms with van der Waals surface area (Å²) in [4.78, 5) is 15.6. The van der Waals surface area contributed by atoms with Gasteiger partial charge in [-0.05, 0) is 29.8 Å². The zero-order valence-corrected chi connectivity index (χ0v) is 11.5. The predicted molar refractivity (Wildman–Crippen MR) is 65.9 cm³/mol. The fourth-order valence-corrected chi connectivity index (χ4v) is 1.63. The summed E-state index contributed by atoms with van der Waals surface area (Å²) in [7, 11) is 0. The van der Waals surface area contributed by atoms with Gasteiger partial charge in [-0.1, -0.05) is 5.16 Å². The molecule has 0 radical (unpaired) electrons. The van der Waals surface area contributed by atoms with Crippen molar-refractivity contribution < 1.29 is 9.32 Å². The summed E-state index contributed by atoms with van der Waals surface area (Å²) in [5.41, 5.74) is 0. The maximum Gasteiger partial charge on any atom is 0.316 e. The largest absolute Gasteiger partial charge is 0.346 e. The highest BCUT2D eigenvalue weighted by atomic mass is 79.9. The Morgan fingerprint density at radius 3 is 3.00 bits per heavy atom. The topological polar surface area (TPSA) is 85.8 Å². The van der Waals surface area contributed by atoms with Crippen LogP contribution in [0.3, 0.4) is 0 Å². The van der Waals surface area contributed by atoms with Crippen molar-refractivity contribution in [2.45, 2.75) is 26.4 Å². The first-order valence-electron chi connectivity index (χ1n) is 5.36. The van der Waals surface area contributed by atoms with Crippen LogP contribution >= 0.6 is 15.9 Å². The molecule has 2 rings (SSSR count). The Bertz CT molecular complexity index is 548. The lowest BCUT2D eigenvalue weighted by Gasteiger charge is -2.03. The molecule has 0 aromatic carbocycles. The lowest BCUT2D eigenvalue weighted by atomic mass is 10.4. The van der Waals surface area contributed by atoms with E-state index in [2.05, 4.69) is 36.5 Å². The number of carbonyl (C=O) groups excluding carboxylic acids is 1. The molecule has 0 unspecified atom stereocenters. The summed E-state index contributed by atoms with van der Waals surface area (Å²) in [6.45, 7) is 4.07. The zero-order valence-electron chi connectivity index (χ0n) is 9.92. The molecular formula is C10H12BrN5O2. The second-order valence-electron chi connectivity index (χ2n) is 4.00. The zero-order chi connectivity index (χ0) is 13.1. The van der Waals surface area contributed by atoms with E-state index in [1.165, 1.54) is 0 Å². The summed E-state index contributed by atoms with van der Waals surface area (Å²) < 4.78 is 7.38. The fourth-order valence-electron chi connectivity index (χ4n) is 1.30. The van der Waals surface area contributed by atoms with Gasteiger partial charge in [-0.25, -0.2) is 0 Å². The van der Waals surface area contributed by atoms with Crippen LogP contribution in [0.5, 0.6) is 0 Å². The maximum absolute atomic E-state index is 11.6. The molecule has 1 N–H and O–H groups in total. The van der Waals surface area contributed by atoms with Crippen LogP contribution in [-0.2, 0) is 6.54 Å². The van der Waals surface area contributed by atoms with Crippen LogP contribution in [0.4, 0.5) is 0 Å². The van der Waals surface area contributed by atoms with Crippen molar-refractivity contribution in [3.05, 3.63) is 28.6 Å². The Morgan fingerprint density at radius 1 is 1.61 bits per heavy atom. The van der Waals surface area contributed by atoms with Gasteiger partial charge in [0.15, 0.2) is 5.82 Å². The van der Waals surface area contributed by atoms with E-state index in [0.717, 1.165) is 4.47 Å². The van der Waals surface area contributed by atoms with Gasteiger partial charge in [-0.15, -0.1) is 0 Å². The molecule has 0 saturated heterocycles. The first-order chi connectivity index (χ1) is 8.54. The highest BCUT2D eigenvalue weighted by Gasteiger charge is 2.15. The molecule has 96 valence electrons. The Labute approximate surface area is 112 Å². The van der Waals surface area contributed by atoms with Gasteiger partial charge >= 0.3 is 11.8 Å². The third-order valence-electron chi connectivity index (χ3n) is 1.99. The molecule has 0 saturated carbocycles. The molecular weight excluding hydrogens is 302 g/mol. The lowest BCUT2D eigenvalue weighted by molar-refractivity contribution is 0.0899. The number of carbonyl (C=O) groups is 1. The minimum atomic E-state index is -0.370. The molecule has 0 atom stereocenters. The number of hydrogen-bond donors (Lipinski definition) is 1. The Hall–Kier alpha value is -1.70. The summed E-state index contributed by atoms with van der Waals surface area (Å²) in [6, 6.07) is 0.0231. The van der Waals surface area contributed by atoms with Crippen molar-refractivity contribution >= 4 is 21.8 Å². The Balaban J connectivity index is 2.04. The van der Waals surface area contributed by atoms with Crippen molar-refractivity contribution in [3.63, 3.8) is 0 Å². The number of aromatic nitrogens is 4. The molecule has 0 aliphatic rings. The van der Waals surface area contributed by atoms with Crippen LogP contribution in [0.2, 0.25) is 0 Å². The minimum absolute atomic E-state index is 0.0231. The van der Waals surface area contributed by atoms with Crippen molar-refractivity contribution in [2.75, 3.05) is 0 Å². The van der Waals surface area contributed by atoms with Gasteiger partial charge in [0, 0.05) is 12.2 Å². The van der Waals surface area contributed by atoms with Crippen molar-refractivity contribution in [3.8, 4) is 0 Å². The van der Waals surface area contributed by atoms with Gasteiger partial charge in [-0.2, -0.15) is 10.1 Å². The van der Waals surface area contributed by atoms with Crippen LogP contribution in [0.15, 0.2) is 21.4 Å². The molecule has 7 nitrogen and oxygen atoms in total. The van der Waals surface area contributed by atoms with Crippen molar-refractivity contribution in [1.82, 2.24) is 25.2 Å². The number of nitrogens with one attached hydrogen (secondary N) is 1. The van der Waals surface area contributed by atoms with Gasteiger partial charge in [-0.3, -0.25) is 9.48 Å². The predicted octanol–water partition coefficient (Wildman–Crippen LogP) is 1.22. The second kappa shape index (κ2) is 5.30. The maximum atomic E-state index is 11.6. The van der Waals surface area contributed by atoms with Gasteiger partial charge in [0.05, 0.1) is 10.7 Å². The fraction of sp³-hybridized carbons (Fsp3) is 0.400. The first kappa shape index (κ1) is 12.7. The standard InChI is InChI=1S/C10H12BrN5O2/c1-6(2)13-9(17)10-14-8(15-18-10)5-16-4-7(11)3-12-16/h3-4,6H,5H2,1-2H3,(H,13,17). The Morgan fingerprint density at radius 2 is 2.39 bits per heavy atom. The van der Waals surface area contributed by atoms with Gasteiger partial charge < -0.3 is 9.84 Å². The Kier molecular flexibility index (Phi) is 3.75. The third kappa shape index (κ3) is 3.16. The highest BCUT2D eigenvalue weighted by molar-refractivity contribution is 9.10. The molecule has 2 aromatic heterocycles. The quantitative estimate of drug-likeness (QED) is 0.917. The molecule has 2 aromatic rings. The van der Waals surface area contributed by atoms with Gasteiger partial charge in [0.2, 0.25) is 0 Å². The molecule has 0 bridgehead atoms. The minimum Gasteiger partial charge on any atom is -0.346 e. The number of amides is 1. The molecule has 0 aliphatic heterocycles. The van der Waals surface area contributed by atoms with Crippen LogP contribution in [0.1, 0.15) is 30.4 Å². The van der Waals surface area contributed by atoms with E-state index in [1.54, 1.807) is 17.1 Å². The van der Waals surface area contributed by atoms with E-state index < -0.39 is 0 Å². The SMILES string of the molecule is CC(C)NC(=O)c1nc(Cn2cc(Br)cn2)no1. The molecule has 0 aliphatic carbocycles. The average molecular weight is 314 g/mol. The number of nitrogens with zero attached hydrogens (tertiary/aromatic N) is 4. The third-order valence-corrected chi connectivity index (χ3v) is 2.40. The monoisotopic (exact) mass is 313 g/mol. The van der Waals surface area contributed by atoms with E-state index in [4.69, 9.17) is 4.52 Å². The van der Waals surface area contributed by atoms with E-state index in [-0.39, 0.29) is 17.8 Å². The van der Waals surface area contributed by atoms with Crippen molar-refractivity contribution in [2.24, 2.45) is 0 Å². The van der Waals surface area contributed by atoms with Crippen LogP contribution in [-0.4, -0.2) is 31.9 Å². The van der Waals surface area contributed by atoms with E-state index in [9.17, 15) is 4.79 Å². The number of rotatable bonds is 4. The number of halogens is 1. The average Bonchev–Trinajstić information content (AvgIpc) is 2.87. The number of hydrogen-bond acceptors (Lipinski definition) is 5. The van der Waals surface area contributed by atoms with Crippen LogP contribution < -0.4 is 5.32 Å². The molecule has 0 fully saturated rings. The van der Waals surface area contributed by atoms with E-state index in [1.807, 2.05) is 13.8 Å². The molecule has 8 heteroatoms. The van der Waals surface area contributed by atoms with E-state index >= 15 is 0 Å². The first-order valence-corrected chi connectivity index (χ1v) is 6.15. The second-order valence-corrected chi connectivity index (χ2v) is 4.92.